The first kappa shape index (κ1) is 17.6. The van der Waals surface area contributed by atoms with Crippen molar-refractivity contribution in [2.24, 2.45) is 5.92 Å². The number of nitrogens with one attached hydrogen (secondary N) is 2. The van der Waals surface area contributed by atoms with Gasteiger partial charge in [-0.1, -0.05) is 38.5 Å². The lowest BCUT2D eigenvalue weighted by molar-refractivity contribution is -0.126. The molecule has 0 aromatic carbocycles. The molecule has 24 heavy (non-hydrogen) atoms. The third-order valence-corrected chi connectivity index (χ3v) is 6.04. The summed E-state index contributed by atoms with van der Waals surface area (Å²) in [7, 11) is 0. The van der Waals surface area contributed by atoms with Crippen LogP contribution in [0, 0.1) is 5.92 Å². The van der Waals surface area contributed by atoms with Crippen molar-refractivity contribution in [3.05, 3.63) is 0 Å². The maximum absolute atomic E-state index is 12.4. The molecule has 0 radical (unpaired) electrons. The average molecular weight is 335 g/mol. The molecule has 1 aliphatic heterocycles. The second-order valence-electron chi connectivity index (χ2n) is 7.89. The molecule has 3 fully saturated rings. The Hall–Kier alpha value is -1.26. The number of hydrogen-bond donors (Lipinski definition) is 2. The summed E-state index contributed by atoms with van der Waals surface area (Å²) in [6.45, 7) is 1.52. The van der Waals surface area contributed by atoms with Crippen molar-refractivity contribution in [3.63, 3.8) is 0 Å². The van der Waals surface area contributed by atoms with Crippen LogP contribution in [0.4, 0.5) is 4.79 Å². The molecule has 2 N–H and O–H groups in total. The highest BCUT2D eigenvalue weighted by Crippen LogP contribution is 2.24. The topological polar surface area (TPSA) is 61.4 Å². The van der Waals surface area contributed by atoms with Gasteiger partial charge in [-0.3, -0.25) is 4.79 Å². The Morgan fingerprint density at radius 1 is 0.667 bits per heavy atom. The van der Waals surface area contributed by atoms with Crippen LogP contribution in [0.1, 0.15) is 77.0 Å². The molecule has 2 saturated carbocycles. The number of rotatable bonds is 3. The summed E-state index contributed by atoms with van der Waals surface area (Å²) < 4.78 is 0. The van der Waals surface area contributed by atoms with Gasteiger partial charge in [-0.25, -0.2) is 4.79 Å². The maximum atomic E-state index is 12.4. The lowest BCUT2D eigenvalue weighted by Gasteiger charge is -2.35. The number of amides is 3. The third-order valence-electron chi connectivity index (χ3n) is 6.04. The predicted octanol–water partition coefficient (Wildman–Crippen LogP) is 3.19. The van der Waals surface area contributed by atoms with E-state index in [1.54, 1.807) is 0 Å². The number of carbonyl (C=O) groups is 2. The molecule has 3 rings (SSSR count). The van der Waals surface area contributed by atoms with Gasteiger partial charge in [-0.05, 0) is 38.5 Å². The summed E-state index contributed by atoms with van der Waals surface area (Å²) in [5.41, 5.74) is 0. The van der Waals surface area contributed by atoms with E-state index in [0.29, 0.717) is 6.04 Å². The second-order valence-corrected chi connectivity index (χ2v) is 7.89. The minimum Gasteiger partial charge on any atom is -0.353 e. The fourth-order valence-corrected chi connectivity index (χ4v) is 4.42. The standard InChI is InChI=1S/C19H33N3O2/c23-18(15-7-3-1-4-8-15)20-17-11-13-22(14-12-17)19(24)21-16-9-5-2-6-10-16/h15-17H,1-14H2,(H,20,23)(H,21,24). The first-order valence-electron chi connectivity index (χ1n) is 10.1. The summed E-state index contributed by atoms with van der Waals surface area (Å²) in [4.78, 5) is 26.6. The van der Waals surface area contributed by atoms with Crippen molar-refractivity contribution in [2.75, 3.05) is 13.1 Å². The lowest BCUT2D eigenvalue weighted by Crippen LogP contribution is -2.52. The van der Waals surface area contributed by atoms with E-state index in [-0.39, 0.29) is 23.9 Å². The van der Waals surface area contributed by atoms with Crippen molar-refractivity contribution >= 4 is 11.9 Å². The quantitative estimate of drug-likeness (QED) is 0.832. The van der Waals surface area contributed by atoms with Crippen molar-refractivity contribution in [1.82, 2.24) is 15.5 Å². The Morgan fingerprint density at radius 2 is 1.21 bits per heavy atom. The van der Waals surface area contributed by atoms with Crippen LogP contribution in [0.15, 0.2) is 0 Å². The Labute approximate surface area is 145 Å². The van der Waals surface area contributed by atoms with Crippen LogP contribution in [0.25, 0.3) is 0 Å². The molecule has 0 aromatic heterocycles. The molecule has 5 nitrogen and oxygen atoms in total. The monoisotopic (exact) mass is 335 g/mol. The van der Waals surface area contributed by atoms with Gasteiger partial charge in [0.05, 0.1) is 0 Å². The number of nitrogens with zero attached hydrogens (tertiary/aromatic N) is 1. The van der Waals surface area contributed by atoms with Gasteiger partial charge in [0.2, 0.25) is 5.91 Å². The maximum Gasteiger partial charge on any atom is 0.317 e. The molecule has 0 unspecified atom stereocenters. The molecule has 1 saturated heterocycles. The molecule has 3 amide bonds. The van der Waals surface area contributed by atoms with Crippen LogP contribution >= 0.6 is 0 Å². The molecule has 0 aromatic rings. The van der Waals surface area contributed by atoms with Gasteiger partial charge in [-0.2, -0.15) is 0 Å². The highest BCUT2D eigenvalue weighted by molar-refractivity contribution is 5.79. The van der Waals surface area contributed by atoms with E-state index < -0.39 is 0 Å². The average Bonchev–Trinajstić information content (AvgIpc) is 2.64. The summed E-state index contributed by atoms with van der Waals surface area (Å²) >= 11 is 0. The zero-order chi connectivity index (χ0) is 16.8. The first-order chi connectivity index (χ1) is 11.7. The normalized spacial score (nSPS) is 24.6. The highest BCUT2D eigenvalue weighted by atomic mass is 16.2. The Bertz CT molecular complexity index is 420. The van der Waals surface area contributed by atoms with Crippen LogP contribution < -0.4 is 10.6 Å². The number of piperidine rings is 1. The summed E-state index contributed by atoms with van der Waals surface area (Å²) in [6, 6.07) is 0.715. The number of likely N-dealkylation sites (tertiary alicyclic amines) is 1. The van der Waals surface area contributed by atoms with E-state index in [1.807, 2.05) is 4.90 Å². The molecule has 0 bridgehead atoms. The van der Waals surface area contributed by atoms with Crippen LogP contribution in [-0.4, -0.2) is 42.0 Å². The lowest BCUT2D eigenvalue weighted by atomic mass is 9.88. The van der Waals surface area contributed by atoms with E-state index in [4.69, 9.17) is 0 Å². The molecule has 136 valence electrons. The molecule has 5 heteroatoms. The van der Waals surface area contributed by atoms with Gasteiger partial charge >= 0.3 is 6.03 Å². The molecular weight excluding hydrogens is 302 g/mol. The van der Waals surface area contributed by atoms with E-state index in [0.717, 1.165) is 51.6 Å². The predicted molar refractivity (Wildman–Crippen MR) is 94.7 cm³/mol. The van der Waals surface area contributed by atoms with Gasteiger partial charge in [0, 0.05) is 31.1 Å². The highest BCUT2D eigenvalue weighted by Gasteiger charge is 2.28. The van der Waals surface area contributed by atoms with Crippen LogP contribution in [0.5, 0.6) is 0 Å². The fourth-order valence-electron chi connectivity index (χ4n) is 4.42. The van der Waals surface area contributed by atoms with E-state index in [1.165, 1.54) is 38.5 Å². The molecule has 0 spiro atoms. The van der Waals surface area contributed by atoms with Gasteiger partial charge in [0.25, 0.3) is 0 Å². The van der Waals surface area contributed by atoms with E-state index in [2.05, 4.69) is 10.6 Å². The number of urea groups is 1. The Morgan fingerprint density at radius 3 is 1.83 bits per heavy atom. The van der Waals surface area contributed by atoms with Gasteiger partial charge in [0.15, 0.2) is 0 Å². The second kappa shape index (κ2) is 8.72. The number of hydrogen-bond acceptors (Lipinski definition) is 2. The third kappa shape index (κ3) is 4.87. The molecular formula is C19H33N3O2. The summed E-state index contributed by atoms with van der Waals surface area (Å²) in [5, 5.41) is 6.43. The SMILES string of the molecule is O=C(NC1CCN(C(=O)NC2CCCCC2)CC1)C1CCCCC1. The molecule has 1 heterocycles. The fraction of sp³-hybridized carbons (Fsp3) is 0.895. The van der Waals surface area contributed by atoms with Gasteiger partial charge < -0.3 is 15.5 Å². The zero-order valence-electron chi connectivity index (χ0n) is 14.9. The zero-order valence-corrected chi connectivity index (χ0v) is 14.9. The number of carbonyl (C=O) groups excluding carboxylic acids is 2. The van der Waals surface area contributed by atoms with Crippen molar-refractivity contribution < 1.29 is 9.59 Å². The Kier molecular flexibility index (Phi) is 6.38. The molecule has 2 aliphatic carbocycles. The van der Waals surface area contributed by atoms with Crippen LogP contribution in [-0.2, 0) is 4.79 Å². The van der Waals surface area contributed by atoms with E-state index >= 15 is 0 Å². The van der Waals surface area contributed by atoms with Crippen molar-refractivity contribution in [1.29, 1.82) is 0 Å². The van der Waals surface area contributed by atoms with Crippen molar-refractivity contribution in [2.45, 2.75) is 89.1 Å². The summed E-state index contributed by atoms with van der Waals surface area (Å²) in [6.07, 6.45) is 13.6. The first-order valence-corrected chi connectivity index (χ1v) is 10.1. The largest absolute Gasteiger partial charge is 0.353 e. The van der Waals surface area contributed by atoms with Crippen LogP contribution in [0.2, 0.25) is 0 Å². The summed E-state index contributed by atoms with van der Waals surface area (Å²) in [5.74, 6) is 0.478. The molecule has 0 atom stereocenters. The van der Waals surface area contributed by atoms with Crippen LogP contribution in [0.3, 0.4) is 0 Å². The van der Waals surface area contributed by atoms with Gasteiger partial charge in [-0.15, -0.1) is 0 Å². The Balaban J connectivity index is 1.37. The van der Waals surface area contributed by atoms with Gasteiger partial charge in [0.1, 0.15) is 0 Å². The smallest absolute Gasteiger partial charge is 0.317 e. The molecule has 3 aliphatic rings. The van der Waals surface area contributed by atoms with Crippen molar-refractivity contribution in [3.8, 4) is 0 Å². The van der Waals surface area contributed by atoms with E-state index in [9.17, 15) is 9.59 Å². The minimum absolute atomic E-state index is 0.0963. The minimum atomic E-state index is 0.0963.